The molecule has 2 aromatic rings. The van der Waals surface area contributed by atoms with Crippen LogP contribution in [0.2, 0.25) is 0 Å². The van der Waals surface area contributed by atoms with Gasteiger partial charge in [-0.1, -0.05) is 50.1 Å². The Hall–Kier alpha value is -2.17. The predicted molar refractivity (Wildman–Crippen MR) is 120 cm³/mol. The van der Waals surface area contributed by atoms with Gasteiger partial charge in [-0.3, -0.25) is 4.98 Å². The van der Waals surface area contributed by atoms with Gasteiger partial charge in [0.2, 0.25) is 0 Å². The zero-order valence-electron chi connectivity index (χ0n) is 18.5. The summed E-state index contributed by atoms with van der Waals surface area (Å²) in [5.74, 6) is -0.509. The van der Waals surface area contributed by atoms with Crippen LogP contribution in [0.25, 0.3) is 11.3 Å². The molecule has 2 saturated carbocycles. The highest BCUT2D eigenvalue weighted by Gasteiger charge is 2.35. The molecule has 0 unspecified atom stereocenters. The van der Waals surface area contributed by atoms with Crippen LogP contribution in [0.15, 0.2) is 54.5 Å². The first-order valence-electron chi connectivity index (χ1n) is 11.8. The Bertz CT molecular complexity index is 898. The Morgan fingerprint density at radius 1 is 0.812 bits per heavy atom. The molecule has 0 atom stereocenters. The minimum atomic E-state index is -4.87. The Morgan fingerprint density at radius 2 is 1.38 bits per heavy atom. The van der Waals surface area contributed by atoms with Gasteiger partial charge in [0.25, 0.3) is 0 Å². The van der Waals surface area contributed by atoms with Crippen LogP contribution in [0.1, 0.15) is 81.3 Å². The molecule has 0 aliphatic heterocycles. The van der Waals surface area contributed by atoms with Crippen LogP contribution in [0.4, 0.5) is 17.6 Å². The summed E-state index contributed by atoms with van der Waals surface area (Å²) in [4.78, 5) is 4.71. The van der Waals surface area contributed by atoms with E-state index in [1.807, 2.05) is 6.20 Å². The fraction of sp³-hybridized carbons (Fsp3) is 0.519. The highest BCUT2D eigenvalue weighted by Crippen LogP contribution is 2.39. The maximum absolute atomic E-state index is 13.2. The van der Waals surface area contributed by atoms with Crippen LogP contribution < -0.4 is 0 Å². The van der Waals surface area contributed by atoms with Crippen LogP contribution in [0, 0.1) is 11.8 Å². The molecular weight excluding hydrogens is 414 g/mol. The third-order valence-electron chi connectivity index (χ3n) is 7.38. The minimum absolute atomic E-state index is 0.312. The highest BCUT2D eigenvalue weighted by atomic mass is 19.4. The normalized spacial score (nSPS) is 27.3. The Balaban J connectivity index is 1.35. The van der Waals surface area contributed by atoms with E-state index in [0.29, 0.717) is 24.7 Å². The first kappa shape index (κ1) is 23.0. The van der Waals surface area contributed by atoms with Gasteiger partial charge in [-0.05, 0) is 85.5 Å². The topological polar surface area (TPSA) is 12.9 Å². The molecule has 2 fully saturated rings. The molecule has 0 amide bonds. The number of pyridine rings is 1. The summed E-state index contributed by atoms with van der Waals surface area (Å²) in [5, 5.41) is 0. The van der Waals surface area contributed by atoms with E-state index in [2.05, 4.69) is 43.3 Å². The number of allylic oxidation sites excluding steroid dienone is 2. The molecule has 0 bridgehead atoms. The van der Waals surface area contributed by atoms with Crippen molar-refractivity contribution in [3.63, 3.8) is 0 Å². The fourth-order valence-electron chi connectivity index (χ4n) is 5.26. The molecule has 1 heterocycles. The number of halogens is 4. The van der Waals surface area contributed by atoms with Crippen molar-refractivity contribution in [2.24, 2.45) is 11.8 Å². The van der Waals surface area contributed by atoms with Crippen molar-refractivity contribution in [1.29, 1.82) is 0 Å². The molecule has 2 aliphatic carbocycles. The van der Waals surface area contributed by atoms with E-state index in [4.69, 9.17) is 4.98 Å². The Morgan fingerprint density at radius 3 is 1.94 bits per heavy atom. The van der Waals surface area contributed by atoms with Gasteiger partial charge in [-0.25, -0.2) is 4.39 Å². The average Bonchev–Trinajstić information content (AvgIpc) is 2.80. The molecule has 0 spiro atoms. The fourth-order valence-corrected chi connectivity index (χ4v) is 5.26. The first-order chi connectivity index (χ1) is 15.3. The summed E-state index contributed by atoms with van der Waals surface area (Å²) < 4.78 is 50.4. The number of nitrogens with zero attached hydrogens (tertiary/aromatic N) is 1. The van der Waals surface area contributed by atoms with Crippen LogP contribution in [-0.2, 0) is 0 Å². The van der Waals surface area contributed by atoms with E-state index < -0.39 is 12.0 Å². The lowest BCUT2D eigenvalue weighted by Crippen LogP contribution is -2.15. The highest BCUT2D eigenvalue weighted by molar-refractivity contribution is 5.59. The number of aromatic nitrogens is 1. The molecule has 172 valence electrons. The van der Waals surface area contributed by atoms with Gasteiger partial charge < -0.3 is 0 Å². The van der Waals surface area contributed by atoms with Gasteiger partial charge in [-0.2, -0.15) is 13.2 Å². The van der Waals surface area contributed by atoms with Gasteiger partial charge >= 0.3 is 6.18 Å². The zero-order valence-corrected chi connectivity index (χ0v) is 18.5. The number of rotatable bonds is 4. The summed E-state index contributed by atoms with van der Waals surface area (Å²) in [6.07, 6.45) is 5.73. The number of hydrogen-bond donors (Lipinski definition) is 0. The number of alkyl halides is 3. The Kier molecular flexibility index (Phi) is 7.02. The second-order valence-electron chi connectivity index (χ2n) is 9.68. The van der Waals surface area contributed by atoms with E-state index in [0.717, 1.165) is 36.1 Å². The van der Waals surface area contributed by atoms with Crippen molar-refractivity contribution >= 4 is 0 Å². The van der Waals surface area contributed by atoms with Crippen molar-refractivity contribution in [1.82, 2.24) is 4.98 Å². The van der Waals surface area contributed by atoms with E-state index in [1.54, 1.807) is 0 Å². The van der Waals surface area contributed by atoms with Gasteiger partial charge in [-0.15, -0.1) is 0 Å². The summed E-state index contributed by atoms with van der Waals surface area (Å²) in [5.41, 5.74) is 4.56. The molecular formula is C27H31F4N. The molecule has 1 aromatic carbocycles. The summed E-state index contributed by atoms with van der Waals surface area (Å²) in [6, 6.07) is 12.7. The summed E-state index contributed by atoms with van der Waals surface area (Å²) in [7, 11) is 0. The van der Waals surface area contributed by atoms with Crippen molar-refractivity contribution in [2.75, 3.05) is 0 Å². The smallest absolute Gasteiger partial charge is 0.256 e. The first-order valence-corrected chi connectivity index (χ1v) is 11.8. The van der Waals surface area contributed by atoms with Crippen LogP contribution >= 0.6 is 0 Å². The molecule has 1 nitrogen and oxygen atoms in total. The van der Waals surface area contributed by atoms with Crippen molar-refractivity contribution < 1.29 is 17.6 Å². The van der Waals surface area contributed by atoms with Crippen molar-refractivity contribution in [3.8, 4) is 11.3 Å². The summed E-state index contributed by atoms with van der Waals surface area (Å²) in [6.45, 7) is 2.33. The molecule has 5 heteroatoms. The van der Waals surface area contributed by atoms with Gasteiger partial charge in [0.1, 0.15) is 0 Å². The van der Waals surface area contributed by atoms with Crippen LogP contribution in [-0.4, -0.2) is 11.2 Å². The molecule has 0 N–H and O–H groups in total. The second kappa shape index (κ2) is 9.76. The predicted octanol–water partition coefficient (Wildman–Crippen LogP) is 8.73. The molecule has 2 aliphatic rings. The monoisotopic (exact) mass is 445 g/mol. The van der Waals surface area contributed by atoms with Gasteiger partial charge in [0.15, 0.2) is 5.83 Å². The van der Waals surface area contributed by atoms with E-state index in [-0.39, 0.29) is 5.92 Å². The van der Waals surface area contributed by atoms with E-state index in [1.165, 1.54) is 36.8 Å². The van der Waals surface area contributed by atoms with Gasteiger partial charge in [0.05, 0.1) is 5.69 Å². The van der Waals surface area contributed by atoms with Crippen molar-refractivity contribution in [2.45, 2.75) is 76.3 Å². The lowest BCUT2D eigenvalue weighted by atomic mass is 9.78. The van der Waals surface area contributed by atoms with Crippen molar-refractivity contribution in [3.05, 3.63) is 65.6 Å². The molecule has 4 rings (SSSR count). The second-order valence-corrected chi connectivity index (χ2v) is 9.68. The Labute approximate surface area is 188 Å². The molecule has 32 heavy (non-hydrogen) atoms. The summed E-state index contributed by atoms with van der Waals surface area (Å²) >= 11 is 0. The standard InChI is InChI=1S/C27H31F4N/c1-18-2-6-22(7-3-18)24-14-15-25(32-17-24)23-12-10-21(11-13-23)20-8-4-19(5-9-20)16-26(28)27(29,30)31/h10-20,22H,2-9H2,1H3. The number of hydrogen-bond acceptors (Lipinski definition) is 1. The quantitative estimate of drug-likeness (QED) is 0.429. The number of benzene rings is 1. The third-order valence-corrected chi connectivity index (χ3v) is 7.38. The molecule has 0 saturated heterocycles. The lowest BCUT2D eigenvalue weighted by molar-refractivity contribution is -0.109. The van der Waals surface area contributed by atoms with E-state index in [9.17, 15) is 17.6 Å². The lowest BCUT2D eigenvalue weighted by Gasteiger charge is -2.27. The molecule has 0 radical (unpaired) electrons. The average molecular weight is 446 g/mol. The molecule has 1 aromatic heterocycles. The third kappa shape index (κ3) is 5.60. The maximum Gasteiger partial charge on any atom is 0.442 e. The van der Waals surface area contributed by atoms with Gasteiger partial charge in [0, 0.05) is 11.8 Å². The van der Waals surface area contributed by atoms with Crippen LogP contribution in [0.5, 0.6) is 0 Å². The minimum Gasteiger partial charge on any atom is -0.256 e. The van der Waals surface area contributed by atoms with Crippen LogP contribution in [0.3, 0.4) is 0 Å². The SMILES string of the molecule is CC1CCC(c2ccc(-c3ccc(C4CCC(C=C(F)C(F)(F)F)CC4)cc3)nc2)CC1. The largest absolute Gasteiger partial charge is 0.442 e. The maximum atomic E-state index is 13.2. The zero-order chi connectivity index (χ0) is 22.7. The van der Waals surface area contributed by atoms with E-state index >= 15 is 0 Å².